The van der Waals surface area contributed by atoms with Crippen molar-refractivity contribution in [1.29, 1.82) is 5.26 Å². The minimum absolute atomic E-state index is 0.00393. The van der Waals surface area contributed by atoms with Gasteiger partial charge in [-0.25, -0.2) is 4.98 Å². The lowest BCUT2D eigenvalue weighted by molar-refractivity contribution is -0.120. The highest BCUT2D eigenvalue weighted by Gasteiger charge is 2.15. The average molecular weight is 400 g/mol. The van der Waals surface area contributed by atoms with Gasteiger partial charge in [0.1, 0.15) is 5.82 Å². The van der Waals surface area contributed by atoms with Gasteiger partial charge in [-0.15, -0.1) is 0 Å². The van der Waals surface area contributed by atoms with Crippen LogP contribution in [0.2, 0.25) is 5.02 Å². The summed E-state index contributed by atoms with van der Waals surface area (Å²) < 4.78 is 1.48. The Balaban J connectivity index is 2.32. The van der Waals surface area contributed by atoms with Crippen LogP contribution >= 0.6 is 11.6 Å². The number of nitriles is 1. The van der Waals surface area contributed by atoms with Gasteiger partial charge < -0.3 is 0 Å². The van der Waals surface area contributed by atoms with E-state index in [0.717, 1.165) is 24.8 Å². The first-order chi connectivity index (χ1) is 13.4. The molecule has 0 saturated carbocycles. The van der Waals surface area contributed by atoms with Gasteiger partial charge in [0.2, 0.25) is 0 Å². The molecule has 2 rings (SSSR count). The van der Waals surface area contributed by atoms with E-state index in [2.05, 4.69) is 18.0 Å². The molecule has 6 heteroatoms. The van der Waals surface area contributed by atoms with Crippen LogP contribution in [0.1, 0.15) is 51.8 Å². The summed E-state index contributed by atoms with van der Waals surface area (Å²) in [6.07, 6.45) is 4.27. The molecule has 1 aromatic carbocycles. The predicted molar refractivity (Wildman–Crippen MR) is 111 cm³/mol. The van der Waals surface area contributed by atoms with Gasteiger partial charge in [0, 0.05) is 35.9 Å². The van der Waals surface area contributed by atoms with Crippen LogP contribution in [0.25, 0.3) is 11.3 Å². The van der Waals surface area contributed by atoms with Crippen molar-refractivity contribution in [2.75, 3.05) is 0 Å². The highest BCUT2D eigenvalue weighted by molar-refractivity contribution is 6.30. The standard InChI is InChI=1S/C22H26ClN3O2/c1-3-4-5-6-21-25-20(17-7-9-18(23)10-8-17)14-22(28)26(21)15-19(27)13-16(2)11-12-24/h7-10,14,16H,3-6,11,13,15H2,1-2H3. The lowest BCUT2D eigenvalue weighted by Gasteiger charge is -2.14. The molecule has 1 unspecified atom stereocenters. The molecule has 1 aromatic heterocycles. The quantitative estimate of drug-likeness (QED) is 0.537. The molecule has 5 nitrogen and oxygen atoms in total. The van der Waals surface area contributed by atoms with Crippen molar-refractivity contribution < 1.29 is 4.79 Å². The number of halogens is 1. The summed E-state index contributed by atoms with van der Waals surface area (Å²) in [5.74, 6) is 0.563. The SMILES string of the molecule is CCCCCc1nc(-c2ccc(Cl)cc2)cc(=O)n1CC(=O)CC(C)CC#N. The summed E-state index contributed by atoms with van der Waals surface area (Å²) in [7, 11) is 0. The van der Waals surface area contributed by atoms with Crippen LogP contribution in [0.5, 0.6) is 0 Å². The largest absolute Gasteiger partial charge is 0.298 e. The van der Waals surface area contributed by atoms with Crippen molar-refractivity contribution in [2.45, 2.75) is 58.9 Å². The first-order valence-electron chi connectivity index (χ1n) is 9.70. The number of carbonyl (C=O) groups is 1. The Morgan fingerprint density at radius 3 is 2.64 bits per heavy atom. The number of carbonyl (C=O) groups excluding carboxylic acids is 1. The molecule has 0 spiro atoms. The number of ketones is 1. The van der Waals surface area contributed by atoms with E-state index in [1.165, 1.54) is 10.6 Å². The van der Waals surface area contributed by atoms with E-state index in [1.807, 2.05) is 19.1 Å². The van der Waals surface area contributed by atoms with Gasteiger partial charge >= 0.3 is 0 Å². The zero-order chi connectivity index (χ0) is 20.5. The molecule has 0 N–H and O–H groups in total. The third-order valence-corrected chi connectivity index (χ3v) is 4.83. The lowest BCUT2D eigenvalue weighted by atomic mass is 10.0. The van der Waals surface area contributed by atoms with E-state index in [1.54, 1.807) is 12.1 Å². The fourth-order valence-electron chi connectivity index (χ4n) is 3.07. The van der Waals surface area contributed by atoms with E-state index in [9.17, 15) is 9.59 Å². The molecule has 0 radical (unpaired) electrons. The molecule has 0 aliphatic heterocycles. The van der Waals surface area contributed by atoms with Gasteiger partial charge in [0.15, 0.2) is 5.78 Å². The summed E-state index contributed by atoms with van der Waals surface area (Å²) in [5.41, 5.74) is 1.18. The van der Waals surface area contributed by atoms with Crippen LogP contribution in [0.3, 0.4) is 0 Å². The maximum absolute atomic E-state index is 12.8. The van der Waals surface area contributed by atoms with E-state index < -0.39 is 0 Å². The molecule has 0 aliphatic rings. The molecule has 0 fully saturated rings. The molecule has 0 aliphatic carbocycles. The average Bonchev–Trinajstić information content (AvgIpc) is 2.65. The van der Waals surface area contributed by atoms with Gasteiger partial charge in [-0.1, -0.05) is 50.4 Å². The number of benzene rings is 1. The van der Waals surface area contributed by atoms with Crippen LogP contribution in [0, 0.1) is 17.2 Å². The Morgan fingerprint density at radius 1 is 1.29 bits per heavy atom. The van der Waals surface area contributed by atoms with Crippen molar-refractivity contribution in [2.24, 2.45) is 5.92 Å². The van der Waals surface area contributed by atoms with Gasteiger partial charge in [0.05, 0.1) is 18.3 Å². The summed E-state index contributed by atoms with van der Waals surface area (Å²) in [4.78, 5) is 29.9. The third kappa shape index (κ3) is 6.31. The summed E-state index contributed by atoms with van der Waals surface area (Å²) in [6, 6.07) is 10.7. The summed E-state index contributed by atoms with van der Waals surface area (Å²) in [6.45, 7) is 3.99. The number of aryl methyl sites for hydroxylation is 1. The molecule has 0 saturated heterocycles. The highest BCUT2D eigenvalue weighted by Crippen LogP contribution is 2.19. The second-order valence-electron chi connectivity index (χ2n) is 7.16. The van der Waals surface area contributed by atoms with E-state index in [4.69, 9.17) is 16.9 Å². The fraction of sp³-hybridized carbons (Fsp3) is 0.455. The summed E-state index contributed by atoms with van der Waals surface area (Å²) in [5, 5.41) is 9.39. The topological polar surface area (TPSA) is 75.8 Å². The second-order valence-corrected chi connectivity index (χ2v) is 7.59. The number of hydrogen-bond donors (Lipinski definition) is 0. The maximum atomic E-state index is 12.8. The minimum Gasteiger partial charge on any atom is -0.298 e. The van der Waals surface area contributed by atoms with Crippen LogP contribution in [0.15, 0.2) is 35.1 Å². The van der Waals surface area contributed by atoms with E-state index >= 15 is 0 Å². The van der Waals surface area contributed by atoms with Crippen LogP contribution in [0.4, 0.5) is 0 Å². The Morgan fingerprint density at radius 2 is 2.00 bits per heavy atom. The first kappa shape index (κ1) is 21.8. The van der Waals surface area contributed by atoms with Crippen molar-refractivity contribution in [3.63, 3.8) is 0 Å². The molecule has 0 amide bonds. The van der Waals surface area contributed by atoms with Crippen LogP contribution in [-0.4, -0.2) is 15.3 Å². The second kappa shape index (κ2) is 10.8. The molecular weight excluding hydrogens is 374 g/mol. The Hall–Kier alpha value is -2.45. The molecule has 1 heterocycles. The normalized spacial score (nSPS) is 11.8. The summed E-state index contributed by atoms with van der Waals surface area (Å²) >= 11 is 5.95. The smallest absolute Gasteiger partial charge is 0.254 e. The van der Waals surface area contributed by atoms with Gasteiger partial charge in [0.25, 0.3) is 5.56 Å². The molecule has 0 bridgehead atoms. The fourth-order valence-corrected chi connectivity index (χ4v) is 3.20. The first-order valence-corrected chi connectivity index (χ1v) is 10.1. The van der Waals surface area contributed by atoms with Gasteiger partial charge in [-0.3, -0.25) is 14.2 Å². The Bertz CT molecular complexity index is 897. The zero-order valence-corrected chi connectivity index (χ0v) is 17.2. The lowest BCUT2D eigenvalue weighted by Crippen LogP contribution is -2.29. The number of Topliss-reactive ketones (excluding diaryl/α,β-unsaturated/α-hetero) is 1. The van der Waals surface area contributed by atoms with Crippen molar-refractivity contribution >= 4 is 17.4 Å². The van der Waals surface area contributed by atoms with Crippen LogP contribution < -0.4 is 5.56 Å². The highest BCUT2D eigenvalue weighted by atomic mass is 35.5. The van der Waals surface area contributed by atoms with Gasteiger partial charge in [-0.2, -0.15) is 5.26 Å². The Labute approximate surface area is 171 Å². The molecule has 28 heavy (non-hydrogen) atoms. The van der Waals surface area contributed by atoms with Crippen LogP contribution in [-0.2, 0) is 17.8 Å². The minimum atomic E-state index is -0.229. The van der Waals surface area contributed by atoms with Gasteiger partial charge in [-0.05, 0) is 24.5 Å². The van der Waals surface area contributed by atoms with Crippen molar-refractivity contribution in [1.82, 2.24) is 9.55 Å². The zero-order valence-electron chi connectivity index (χ0n) is 16.4. The van der Waals surface area contributed by atoms with E-state index in [-0.39, 0.29) is 30.2 Å². The number of rotatable bonds is 10. The Kier molecular flexibility index (Phi) is 8.41. The molecular formula is C22H26ClN3O2. The number of hydrogen-bond acceptors (Lipinski definition) is 4. The number of unbranched alkanes of at least 4 members (excludes halogenated alkanes) is 2. The number of nitrogens with zero attached hydrogens (tertiary/aromatic N) is 3. The third-order valence-electron chi connectivity index (χ3n) is 4.58. The molecule has 2 aromatic rings. The maximum Gasteiger partial charge on any atom is 0.254 e. The molecule has 148 valence electrons. The predicted octanol–water partition coefficient (Wildman–Crippen LogP) is 4.81. The van der Waals surface area contributed by atoms with E-state index in [0.29, 0.717) is 29.4 Å². The van der Waals surface area contributed by atoms with Crippen molar-refractivity contribution in [3.05, 3.63) is 51.5 Å². The monoisotopic (exact) mass is 399 g/mol. The number of aromatic nitrogens is 2. The molecule has 1 atom stereocenters. The van der Waals surface area contributed by atoms with Crippen molar-refractivity contribution in [3.8, 4) is 17.3 Å².